The Morgan fingerprint density at radius 2 is 1.81 bits per heavy atom. The third kappa shape index (κ3) is 3.22. The molecule has 1 atom stereocenters. The molecule has 0 radical (unpaired) electrons. The fraction of sp³-hybridized carbons (Fsp3) is 0.0909. The number of allylic oxidation sites excluding steroid dienone is 2. The zero-order valence-corrected chi connectivity index (χ0v) is 16.3. The summed E-state index contributed by atoms with van der Waals surface area (Å²) in [5.74, 6) is -4.58. The highest BCUT2D eigenvalue weighted by molar-refractivity contribution is 6.09. The van der Waals surface area contributed by atoms with Crippen LogP contribution >= 0.6 is 0 Å². The Morgan fingerprint density at radius 1 is 1.12 bits per heavy atom. The number of aliphatic carboxylic acids is 1. The van der Waals surface area contributed by atoms with Crippen molar-refractivity contribution in [2.45, 2.75) is 12.5 Å². The number of hydrogen-bond acceptors (Lipinski definition) is 6. The first-order chi connectivity index (χ1) is 15.0. The van der Waals surface area contributed by atoms with Crippen molar-refractivity contribution in [1.82, 2.24) is 0 Å². The number of carboxylic acid groups (broad SMARTS) is 1. The summed E-state index contributed by atoms with van der Waals surface area (Å²) in [6.07, 6.45) is 4.44. The maximum absolute atomic E-state index is 14.2. The first-order valence-electron chi connectivity index (χ1n) is 9.11. The summed E-state index contributed by atoms with van der Waals surface area (Å²) < 4.78 is 34.0. The molecule has 8 nitrogen and oxygen atoms in total. The van der Waals surface area contributed by atoms with E-state index in [0.717, 1.165) is 42.5 Å². The van der Waals surface area contributed by atoms with Crippen molar-refractivity contribution >= 4 is 22.5 Å². The van der Waals surface area contributed by atoms with Gasteiger partial charge in [-0.15, -0.1) is 0 Å². The lowest BCUT2D eigenvalue weighted by Crippen LogP contribution is -2.29. The zero-order valence-electron chi connectivity index (χ0n) is 16.3. The van der Waals surface area contributed by atoms with Gasteiger partial charge in [0, 0.05) is 40.5 Å². The van der Waals surface area contributed by atoms with Crippen molar-refractivity contribution in [3.8, 4) is 17.1 Å². The molecule has 162 valence electrons. The molecule has 1 aromatic carbocycles. The van der Waals surface area contributed by atoms with Crippen LogP contribution in [0.2, 0.25) is 0 Å². The van der Waals surface area contributed by atoms with E-state index in [1.165, 1.54) is 13.0 Å². The van der Waals surface area contributed by atoms with Gasteiger partial charge in [-0.2, -0.15) is 0 Å². The molecule has 1 heterocycles. The molecule has 0 bridgehead atoms. The van der Waals surface area contributed by atoms with Gasteiger partial charge in [-0.1, -0.05) is 6.08 Å². The SMILES string of the molecule is CC1([N+](=O)[O-])C=CC(C(=O)O)=C(c2c3cc(F)c(=O)cc-3oc3cc(O)c(F)cc23)C=C1. The highest BCUT2D eigenvalue weighted by atomic mass is 19.1. The highest BCUT2D eigenvalue weighted by Crippen LogP contribution is 2.42. The first kappa shape index (κ1) is 20.9. The Hall–Kier alpha value is -4.34. The summed E-state index contributed by atoms with van der Waals surface area (Å²) in [5.41, 5.74) is -3.45. The molecule has 0 fully saturated rings. The van der Waals surface area contributed by atoms with Crippen LogP contribution in [-0.4, -0.2) is 26.6 Å². The first-order valence-corrected chi connectivity index (χ1v) is 9.11. The van der Waals surface area contributed by atoms with E-state index in [4.69, 9.17) is 4.42 Å². The van der Waals surface area contributed by atoms with E-state index in [-0.39, 0.29) is 39.0 Å². The minimum Gasteiger partial charge on any atom is -0.505 e. The summed E-state index contributed by atoms with van der Waals surface area (Å²) in [6.45, 7) is 1.25. The molecule has 10 heteroatoms. The minimum atomic E-state index is -1.75. The van der Waals surface area contributed by atoms with Crippen molar-refractivity contribution in [1.29, 1.82) is 0 Å². The maximum Gasteiger partial charge on any atom is 0.336 e. The van der Waals surface area contributed by atoms with Crippen molar-refractivity contribution in [3.05, 3.63) is 91.7 Å². The molecule has 3 aliphatic rings. The number of phenols is 1. The topological polar surface area (TPSA) is 131 Å². The third-order valence-electron chi connectivity index (χ3n) is 5.20. The molecule has 4 rings (SSSR count). The summed E-state index contributed by atoms with van der Waals surface area (Å²) in [5, 5.41) is 31.0. The predicted molar refractivity (Wildman–Crippen MR) is 109 cm³/mol. The van der Waals surface area contributed by atoms with E-state index in [0.29, 0.717) is 0 Å². The van der Waals surface area contributed by atoms with Crippen LogP contribution < -0.4 is 5.43 Å². The highest BCUT2D eigenvalue weighted by Gasteiger charge is 2.34. The van der Waals surface area contributed by atoms with Gasteiger partial charge in [0.1, 0.15) is 11.3 Å². The summed E-state index contributed by atoms with van der Waals surface area (Å²) in [4.78, 5) is 34.7. The number of fused-ring (bicyclic) bond motifs is 2. The Kier molecular flexibility index (Phi) is 4.65. The van der Waals surface area contributed by atoms with E-state index < -0.39 is 39.2 Å². The molecular formula is C22H13F2NO7. The van der Waals surface area contributed by atoms with Crippen LogP contribution in [-0.2, 0) is 4.79 Å². The molecule has 0 saturated heterocycles. The number of hydrogen-bond donors (Lipinski definition) is 2. The average Bonchev–Trinajstić information content (AvgIpc) is 2.89. The number of nitrogens with zero attached hydrogens (tertiary/aromatic N) is 1. The summed E-state index contributed by atoms with van der Waals surface area (Å²) in [6, 6.07) is 3.46. The number of phenolic OH excluding ortho intramolecular Hbond substituents is 1. The van der Waals surface area contributed by atoms with Crippen LogP contribution in [0.4, 0.5) is 8.78 Å². The second-order valence-corrected chi connectivity index (χ2v) is 7.34. The molecular weight excluding hydrogens is 428 g/mol. The number of nitro groups is 1. The van der Waals surface area contributed by atoms with Crippen molar-refractivity contribution in [3.63, 3.8) is 0 Å². The van der Waals surface area contributed by atoms with Crippen LogP contribution in [0.5, 0.6) is 5.75 Å². The Labute approximate surface area is 177 Å². The van der Waals surface area contributed by atoms with Crippen LogP contribution in [0.15, 0.2) is 63.4 Å². The Balaban J connectivity index is 2.21. The van der Waals surface area contributed by atoms with Crippen molar-refractivity contribution < 1.29 is 33.1 Å². The van der Waals surface area contributed by atoms with Gasteiger partial charge in [-0.25, -0.2) is 13.6 Å². The standard InChI is InChI=1S/C22H13F2NO7/c1-22(25(30)31)4-2-10(11(3-5-22)21(28)29)20-12-6-14(23)16(26)8-18(12)32-19-9-17(27)15(24)7-13(19)20/h2-9,26H,1H3,(H,28,29). The molecule has 1 aliphatic heterocycles. The normalized spacial score (nSPS) is 18.3. The number of carboxylic acids is 1. The smallest absolute Gasteiger partial charge is 0.336 e. The lowest BCUT2D eigenvalue weighted by molar-refractivity contribution is -0.535. The van der Waals surface area contributed by atoms with Crippen molar-refractivity contribution in [2.75, 3.05) is 0 Å². The van der Waals surface area contributed by atoms with Gasteiger partial charge in [0.05, 0.1) is 5.57 Å². The molecule has 1 unspecified atom stereocenters. The largest absolute Gasteiger partial charge is 0.505 e. The van der Waals surface area contributed by atoms with E-state index in [2.05, 4.69) is 0 Å². The summed E-state index contributed by atoms with van der Waals surface area (Å²) >= 11 is 0. The molecule has 0 saturated carbocycles. The summed E-state index contributed by atoms with van der Waals surface area (Å²) in [7, 11) is 0. The zero-order chi connectivity index (χ0) is 23.4. The van der Waals surface area contributed by atoms with Crippen molar-refractivity contribution in [2.24, 2.45) is 0 Å². The molecule has 2 aliphatic carbocycles. The van der Waals surface area contributed by atoms with Crippen LogP contribution in [0.1, 0.15) is 12.5 Å². The number of carbonyl (C=O) groups is 1. The molecule has 0 amide bonds. The second-order valence-electron chi connectivity index (χ2n) is 7.34. The van der Waals surface area contributed by atoms with Gasteiger partial charge < -0.3 is 14.6 Å². The van der Waals surface area contributed by atoms with Crippen LogP contribution in [0.3, 0.4) is 0 Å². The van der Waals surface area contributed by atoms with E-state index >= 15 is 0 Å². The number of aromatic hydroxyl groups is 1. The molecule has 2 N–H and O–H groups in total. The molecule has 0 spiro atoms. The lowest BCUT2D eigenvalue weighted by Gasteiger charge is -2.17. The van der Waals surface area contributed by atoms with E-state index in [1.54, 1.807) is 0 Å². The quantitative estimate of drug-likeness (QED) is 0.358. The molecule has 32 heavy (non-hydrogen) atoms. The van der Waals surface area contributed by atoms with E-state index in [9.17, 15) is 38.7 Å². The lowest BCUT2D eigenvalue weighted by atomic mass is 9.90. The van der Waals surface area contributed by atoms with E-state index in [1.807, 2.05) is 0 Å². The number of benzene rings is 2. The van der Waals surface area contributed by atoms with Crippen LogP contribution in [0.25, 0.3) is 27.9 Å². The van der Waals surface area contributed by atoms with Crippen LogP contribution in [0, 0.1) is 21.7 Å². The fourth-order valence-corrected chi connectivity index (χ4v) is 3.46. The molecule has 1 aromatic rings. The number of rotatable bonds is 3. The third-order valence-corrected chi connectivity index (χ3v) is 5.20. The monoisotopic (exact) mass is 441 g/mol. The van der Waals surface area contributed by atoms with Gasteiger partial charge in [0.2, 0.25) is 5.43 Å². The van der Waals surface area contributed by atoms with Gasteiger partial charge >= 0.3 is 5.97 Å². The average molecular weight is 441 g/mol. The minimum absolute atomic E-state index is 0.0371. The van der Waals surface area contributed by atoms with Gasteiger partial charge in [-0.3, -0.25) is 14.9 Å². The van der Waals surface area contributed by atoms with Gasteiger partial charge in [-0.05, 0) is 35.9 Å². The maximum atomic E-state index is 14.2. The second kappa shape index (κ2) is 7.12. The Bertz CT molecular complexity index is 1450. The number of halogens is 2. The van der Waals surface area contributed by atoms with Gasteiger partial charge in [0.15, 0.2) is 17.4 Å². The molecule has 0 aromatic heterocycles. The fourth-order valence-electron chi connectivity index (χ4n) is 3.46. The predicted octanol–water partition coefficient (Wildman–Crippen LogP) is 3.88. The van der Waals surface area contributed by atoms with Gasteiger partial charge in [0.25, 0.3) is 5.54 Å². The Morgan fingerprint density at radius 3 is 2.47 bits per heavy atom.